The second-order valence-electron chi connectivity index (χ2n) is 3.44. The molecule has 2 atom stereocenters. The van der Waals surface area contributed by atoms with Crippen molar-refractivity contribution in [2.75, 3.05) is 5.32 Å². The third-order valence-electron chi connectivity index (χ3n) is 2.33. The summed E-state index contributed by atoms with van der Waals surface area (Å²) in [5, 5.41) is 11.9. The van der Waals surface area contributed by atoms with E-state index in [1.165, 1.54) is 0 Å². The number of hydrogen-bond donors (Lipinski definition) is 2. The van der Waals surface area contributed by atoms with E-state index in [9.17, 15) is 4.79 Å². The van der Waals surface area contributed by atoms with Gasteiger partial charge in [-0.25, -0.2) is 0 Å². The summed E-state index contributed by atoms with van der Waals surface area (Å²) in [4.78, 5) is 11.2. The van der Waals surface area contributed by atoms with E-state index in [4.69, 9.17) is 9.84 Å². The maximum Gasteiger partial charge on any atom is 0.224 e. The molecule has 1 aromatic carbocycles. The van der Waals surface area contributed by atoms with Gasteiger partial charge in [-0.15, -0.1) is 0 Å². The van der Waals surface area contributed by atoms with Crippen LogP contribution in [0, 0.1) is 0 Å². The molecule has 1 heterocycles. The molecule has 1 saturated heterocycles. The van der Waals surface area contributed by atoms with Gasteiger partial charge in [0.25, 0.3) is 0 Å². The molecule has 1 amide bonds. The fourth-order valence-corrected chi connectivity index (χ4v) is 1.43. The van der Waals surface area contributed by atoms with E-state index in [2.05, 4.69) is 5.32 Å². The molecular formula is C11H13NO3. The highest BCUT2D eigenvalue weighted by Gasteiger charge is 2.39. The third-order valence-corrected chi connectivity index (χ3v) is 2.33. The van der Waals surface area contributed by atoms with Crippen LogP contribution in [0.3, 0.4) is 0 Å². The Balaban J connectivity index is 2.18. The van der Waals surface area contributed by atoms with E-state index in [0.717, 1.165) is 5.56 Å². The van der Waals surface area contributed by atoms with E-state index >= 15 is 0 Å². The number of carbonyl (C=O) groups excluding carboxylic acids is 1. The molecule has 0 aliphatic carbocycles. The van der Waals surface area contributed by atoms with Crippen LogP contribution in [-0.2, 0) is 9.53 Å². The van der Waals surface area contributed by atoms with Gasteiger partial charge in [0.1, 0.15) is 6.10 Å². The molecule has 1 fully saturated rings. The molecule has 2 unspecified atom stereocenters. The Morgan fingerprint density at radius 1 is 1.53 bits per heavy atom. The number of nitrogens with one attached hydrogen (secondary N) is 1. The first-order chi connectivity index (χ1) is 7.22. The normalized spacial score (nSPS) is 23.6. The molecule has 80 valence electrons. The molecule has 2 rings (SSSR count). The summed E-state index contributed by atoms with van der Waals surface area (Å²) in [6.07, 6.45) is -0.592. The van der Waals surface area contributed by atoms with Crippen molar-refractivity contribution in [2.45, 2.75) is 25.7 Å². The van der Waals surface area contributed by atoms with Gasteiger partial charge >= 0.3 is 0 Å². The van der Waals surface area contributed by atoms with Crippen molar-refractivity contribution in [3.05, 3.63) is 29.8 Å². The SMILES string of the molecule is CCC(=O)Nc1ccccc1C1OC1O. The van der Waals surface area contributed by atoms with Crippen LogP contribution in [0.2, 0.25) is 0 Å². The average molecular weight is 207 g/mol. The van der Waals surface area contributed by atoms with Crippen molar-refractivity contribution in [2.24, 2.45) is 0 Å². The van der Waals surface area contributed by atoms with Crippen LogP contribution in [0.4, 0.5) is 5.69 Å². The minimum absolute atomic E-state index is 0.0439. The van der Waals surface area contributed by atoms with Crippen LogP contribution in [-0.4, -0.2) is 17.3 Å². The molecule has 0 saturated carbocycles. The zero-order chi connectivity index (χ0) is 10.8. The first kappa shape index (κ1) is 10.1. The Kier molecular flexibility index (Phi) is 2.70. The summed E-state index contributed by atoms with van der Waals surface area (Å²) in [5.41, 5.74) is 1.54. The molecule has 0 radical (unpaired) electrons. The Labute approximate surface area is 87.9 Å². The molecule has 0 spiro atoms. The lowest BCUT2D eigenvalue weighted by Crippen LogP contribution is -2.11. The number of anilines is 1. The van der Waals surface area contributed by atoms with Gasteiger partial charge in [-0.05, 0) is 6.07 Å². The summed E-state index contributed by atoms with van der Waals surface area (Å²) in [5.74, 6) is -0.0439. The van der Waals surface area contributed by atoms with Crippen LogP contribution < -0.4 is 5.32 Å². The van der Waals surface area contributed by atoms with Gasteiger partial charge in [-0.3, -0.25) is 4.79 Å². The molecule has 4 heteroatoms. The average Bonchev–Trinajstić information content (AvgIpc) is 2.96. The van der Waals surface area contributed by atoms with E-state index in [0.29, 0.717) is 12.1 Å². The number of rotatable bonds is 3. The van der Waals surface area contributed by atoms with Crippen LogP contribution in [0.1, 0.15) is 25.0 Å². The number of aliphatic hydroxyl groups excluding tert-OH is 1. The van der Waals surface area contributed by atoms with Gasteiger partial charge in [-0.1, -0.05) is 25.1 Å². The van der Waals surface area contributed by atoms with Crippen molar-refractivity contribution in [3.63, 3.8) is 0 Å². The van der Waals surface area contributed by atoms with Crippen molar-refractivity contribution in [1.29, 1.82) is 0 Å². The van der Waals surface area contributed by atoms with Gasteiger partial charge in [0, 0.05) is 17.7 Å². The summed E-state index contributed by atoms with van der Waals surface area (Å²) >= 11 is 0. The maximum atomic E-state index is 11.2. The van der Waals surface area contributed by atoms with Gasteiger partial charge in [-0.2, -0.15) is 0 Å². The zero-order valence-electron chi connectivity index (χ0n) is 8.43. The summed E-state index contributed by atoms with van der Waals surface area (Å²) < 4.78 is 4.96. The predicted octanol–water partition coefficient (Wildman–Crippen LogP) is 1.42. The van der Waals surface area contributed by atoms with Crippen LogP contribution >= 0.6 is 0 Å². The highest BCUT2D eigenvalue weighted by Crippen LogP contribution is 2.40. The zero-order valence-corrected chi connectivity index (χ0v) is 8.43. The lowest BCUT2D eigenvalue weighted by molar-refractivity contribution is -0.115. The van der Waals surface area contributed by atoms with Gasteiger partial charge in [0.2, 0.25) is 5.91 Å². The number of aliphatic hydroxyl groups is 1. The third kappa shape index (κ3) is 2.16. The quantitative estimate of drug-likeness (QED) is 0.737. The van der Waals surface area contributed by atoms with Crippen molar-refractivity contribution >= 4 is 11.6 Å². The molecule has 1 aliphatic rings. The van der Waals surface area contributed by atoms with Crippen molar-refractivity contribution in [3.8, 4) is 0 Å². The topological polar surface area (TPSA) is 61.9 Å². The van der Waals surface area contributed by atoms with E-state index < -0.39 is 6.29 Å². The number of benzene rings is 1. The lowest BCUT2D eigenvalue weighted by Gasteiger charge is -2.07. The standard InChI is InChI=1S/C11H13NO3/c1-2-9(13)12-8-6-4-3-5-7(8)10-11(14)15-10/h3-6,10-11,14H,2H2,1H3,(H,12,13). The Morgan fingerprint density at radius 3 is 2.80 bits per heavy atom. The van der Waals surface area contributed by atoms with Gasteiger partial charge in [0.05, 0.1) is 0 Å². The second-order valence-corrected chi connectivity index (χ2v) is 3.44. The molecule has 2 N–H and O–H groups in total. The second kappa shape index (κ2) is 4.00. The minimum Gasteiger partial charge on any atom is -0.366 e. The first-order valence-electron chi connectivity index (χ1n) is 4.94. The van der Waals surface area contributed by atoms with E-state index in [-0.39, 0.29) is 12.0 Å². The number of epoxide rings is 1. The fraction of sp³-hybridized carbons (Fsp3) is 0.364. The molecule has 1 aromatic rings. The van der Waals surface area contributed by atoms with Crippen LogP contribution in [0.5, 0.6) is 0 Å². The van der Waals surface area contributed by atoms with Gasteiger partial charge < -0.3 is 15.2 Å². The number of amides is 1. The number of ether oxygens (including phenoxy) is 1. The smallest absolute Gasteiger partial charge is 0.224 e. The highest BCUT2D eigenvalue weighted by atomic mass is 16.7. The van der Waals surface area contributed by atoms with Gasteiger partial charge in [0.15, 0.2) is 6.29 Å². The largest absolute Gasteiger partial charge is 0.366 e. The Hall–Kier alpha value is -1.39. The molecule has 0 bridgehead atoms. The molecular weight excluding hydrogens is 194 g/mol. The highest BCUT2D eigenvalue weighted by molar-refractivity contribution is 5.91. The Bertz CT molecular complexity index is 378. The van der Waals surface area contributed by atoms with E-state index in [1.807, 2.05) is 18.2 Å². The van der Waals surface area contributed by atoms with Crippen LogP contribution in [0.15, 0.2) is 24.3 Å². The molecule has 1 aliphatic heterocycles. The number of carbonyl (C=O) groups is 1. The summed E-state index contributed by atoms with van der Waals surface area (Å²) in [6.45, 7) is 1.79. The van der Waals surface area contributed by atoms with Crippen LogP contribution in [0.25, 0.3) is 0 Å². The van der Waals surface area contributed by atoms with Crippen molar-refractivity contribution in [1.82, 2.24) is 0 Å². The molecule has 0 aromatic heterocycles. The number of para-hydroxylation sites is 1. The van der Waals surface area contributed by atoms with E-state index in [1.54, 1.807) is 13.0 Å². The molecule has 4 nitrogen and oxygen atoms in total. The first-order valence-corrected chi connectivity index (χ1v) is 4.94. The summed E-state index contributed by atoms with van der Waals surface area (Å²) in [7, 11) is 0. The van der Waals surface area contributed by atoms with Crippen molar-refractivity contribution < 1.29 is 14.6 Å². The molecule has 15 heavy (non-hydrogen) atoms. The maximum absolute atomic E-state index is 11.2. The predicted molar refractivity (Wildman–Crippen MR) is 55.2 cm³/mol. The number of hydrogen-bond acceptors (Lipinski definition) is 3. The minimum atomic E-state index is -0.732. The lowest BCUT2D eigenvalue weighted by atomic mass is 10.1. The Morgan fingerprint density at radius 2 is 2.20 bits per heavy atom. The fourth-order valence-electron chi connectivity index (χ4n) is 1.43. The monoisotopic (exact) mass is 207 g/mol. The summed E-state index contributed by atoms with van der Waals surface area (Å²) in [6, 6.07) is 7.33.